The number of rotatable bonds is 3. The van der Waals surface area contributed by atoms with Crippen LogP contribution in [0.4, 0.5) is 5.69 Å². The molecular weight excluding hydrogens is 296 g/mol. The molecule has 1 aromatic heterocycles. The highest BCUT2D eigenvalue weighted by Gasteiger charge is 2.10. The first-order valence-corrected chi connectivity index (χ1v) is 6.96. The van der Waals surface area contributed by atoms with Gasteiger partial charge in [-0.1, -0.05) is 23.9 Å². The smallest absolute Gasteiger partial charge is 0.111 e. The molecule has 0 aliphatic rings. The maximum absolute atomic E-state index is 5.68. The molecule has 1 aromatic carbocycles. The zero-order chi connectivity index (χ0) is 12.3. The van der Waals surface area contributed by atoms with Crippen LogP contribution in [0.2, 0.25) is 0 Å². The molecule has 0 saturated heterocycles. The number of nitrogen functional groups attached to an aromatic ring is 1. The Balaban J connectivity index is 2.14. The van der Waals surface area contributed by atoms with Gasteiger partial charge in [-0.2, -0.15) is 0 Å². The predicted molar refractivity (Wildman–Crippen MR) is 77.1 cm³/mol. The zero-order valence-electron chi connectivity index (χ0n) is 9.43. The van der Waals surface area contributed by atoms with Gasteiger partial charge in [0, 0.05) is 21.6 Å². The van der Waals surface area contributed by atoms with Gasteiger partial charge in [0.05, 0.1) is 0 Å². The molecule has 0 aliphatic carbocycles. The number of aromatic nitrogens is 1. The van der Waals surface area contributed by atoms with Gasteiger partial charge in [0.1, 0.15) is 5.03 Å². The molecule has 4 heteroatoms. The van der Waals surface area contributed by atoms with Crippen molar-refractivity contribution in [1.82, 2.24) is 4.98 Å². The first kappa shape index (κ1) is 12.5. The first-order chi connectivity index (χ1) is 8.16. The quantitative estimate of drug-likeness (QED) is 0.679. The molecule has 2 rings (SSSR count). The highest BCUT2D eigenvalue weighted by molar-refractivity contribution is 9.10. The Hall–Kier alpha value is -1.00. The molecule has 0 aliphatic heterocycles. The summed E-state index contributed by atoms with van der Waals surface area (Å²) in [5, 5.41) is 1.36. The second-order valence-corrected chi connectivity index (χ2v) is 5.90. The summed E-state index contributed by atoms with van der Waals surface area (Å²) in [4.78, 5) is 4.35. The van der Waals surface area contributed by atoms with Crippen LogP contribution in [-0.2, 0) is 0 Å². The molecule has 1 unspecified atom stereocenters. The number of benzene rings is 1. The van der Waals surface area contributed by atoms with E-state index in [1.165, 1.54) is 5.56 Å². The molecule has 17 heavy (non-hydrogen) atoms. The van der Waals surface area contributed by atoms with E-state index >= 15 is 0 Å². The minimum atomic E-state index is 0.349. The Bertz CT molecular complexity index is 499. The molecule has 0 spiro atoms. The zero-order valence-corrected chi connectivity index (χ0v) is 11.8. The minimum Gasteiger partial charge on any atom is -0.399 e. The third-order valence-corrected chi connectivity index (χ3v) is 4.50. The maximum atomic E-state index is 5.68. The minimum absolute atomic E-state index is 0.349. The Morgan fingerprint density at radius 1 is 1.24 bits per heavy atom. The molecule has 1 atom stereocenters. The first-order valence-electron chi connectivity index (χ1n) is 5.29. The summed E-state index contributed by atoms with van der Waals surface area (Å²) < 4.78 is 1.03. The van der Waals surface area contributed by atoms with Crippen molar-refractivity contribution >= 4 is 33.4 Å². The second kappa shape index (κ2) is 5.56. The number of nitrogens with zero attached hydrogens (tertiary/aromatic N) is 1. The fourth-order valence-corrected chi connectivity index (χ4v) is 2.93. The van der Waals surface area contributed by atoms with Crippen LogP contribution in [0.3, 0.4) is 0 Å². The number of hydrogen-bond acceptors (Lipinski definition) is 3. The summed E-state index contributed by atoms with van der Waals surface area (Å²) in [7, 11) is 0. The summed E-state index contributed by atoms with van der Waals surface area (Å²) in [6.45, 7) is 2.16. The summed E-state index contributed by atoms with van der Waals surface area (Å²) in [6.07, 6.45) is 1.81. The van der Waals surface area contributed by atoms with Crippen molar-refractivity contribution in [2.75, 3.05) is 5.73 Å². The van der Waals surface area contributed by atoms with Crippen molar-refractivity contribution in [3.8, 4) is 0 Å². The maximum Gasteiger partial charge on any atom is 0.111 e. The fourth-order valence-electron chi connectivity index (χ4n) is 1.46. The molecule has 2 nitrogen and oxygen atoms in total. The molecule has 0 fully saturated rings. The van der Waals surface area contributed by atoms with Crippen LogP contribution in [-0.4, -0.2) is 4.98 Å². The molecule has 88 valence electrons. The number of halogens is 1. The molecule has 0 bridgehead atoms. The van der Waals surface area contributed by atoms with Crippen LogP contribution in [0.15, 0.2) is 52.1 Å². The fraction of sp³-hybridized carbons (Fsp3) is 0.154. The van der Waals surface area contributed by atoms with Crippen LogP contribution in [0.1, 0.15) is 17.7 Å². The average molecular weight is 309 g/mol. The van der Waals surface area contributed by atoms with Gasteiger partial charge in [0.2, 0.25) is 0 Å². The summed E-state index contributed by atoms with van der Waals surface area (Å²) in [5.41, 5.74) is 7.72. The highest BCUT2D eigenvalue weighted by atomic mass is 79.9. The van der Waals surface area contributed by atoms with Gasteiger partial charge in [-0.05, 0) is 52.7 Å². The lowest BCUT2D eigenvalue weighted by atomic mass is 10.1. The highest BCUT2D eigenvalue weighted by Crippen LogP contribution is 2.37. The molecule has 0 amide bonds. The van der Waals surface area contributed by atoms with Crippen molar-refractivity contribution in [1.29, 1.82) is 0 Å². The third kappa shape index (κ3) is 3.23. The van der Waals surface area contributed by atoms with Crippen molar-refractivity contribution in [3.63, 3.8) is 0 Å². The monoisotopic (exact) mass is 308 g/mol. The SMILES string of the molecule is CC(Sc1ncccc1Br)c1ccc(N)cc1. The van der Waals surface area contributed by atoms with E-state index in [1.807, 2.05) is 30.5 Å². The van der Waals surface area contributed by atoms with Gasteiger partial charge >= 0.3 is 0 Å². The van der Waals surface area contributed by atoms with Gasteiger partial charge in [0.25, 0.3) is 0 Å². The Labute approximate surface area is 114 Å². The van der Waals surface area contributed by atoms with Crippen LogP contribution in [0.5, 0.6) is 0 Å². The standard InChI is InChI=1S/C13H13BrN2S/c1-9(10-4-6-11(15)7-5-10)17-13-12(14)3-2-8-16-13/h2-9H,15H2,1H3. The lowest BCUT2D eigenvalue weighted by Crippen LogP contribution is -1.91. The van der Waals surface area contributed by atoms with E-state index in [-0.39, 0.29) is 0 Å². The van der Waals surface area contributed by atoms with E-state index in [2.05, 4.69) is 40.0 Å². The number of pyridine rings is 1. The second-order valence-electron chi connectivity index (χ2n) is 3.72. The van der Waals surface area contributed by atoms with Gasteiger partial charge in [-0.3, -0.25) is 0 Å². The lowest BCUT2D eigenvalue weighted by molar-refractivity contribution is 1.05. The van der Waals surface area contributed by atoms with Crippen molar-refractivity contribution < 1.29 is 0 Å². The predicted octanol–water partition coefficient (Wildman–Crippen LogP) is 4.28. The normalized spacial score (nSPS) is 12.4. The van der Waals surface area contributed by atoms with E-state index in [1.54, 1.807) is 11.8 Å². The molecule has 2 N–H and O–H groups in total. The van der Waals surface area contributed by atoms with E-state index in [0.717, 1.165) is 15.2 Å². The summed E-state index contributed by atoms with van der Waals surface area (Å²) >= 11 is 5.24. The Morgan fingerprint density at radius 2 is 1.94 bits per heavy atom. The van der Waals surface area contributed by atoms with Crippen molar-refractivity contribution in [2.24, 2.45) is 0 Å². The van der Waals surface area contributed by atoms with Crippen LogP contribution >= 0.6 is 27.7 Å². The van der Waals surface area contributed by atoms with Crippen molar-refractivity contribution in [2.45, 2.75) is 17.2 Å². The topological polar surface area (TPSA) is 38.9 Å². The van der Waals surface area contributed by atoms with E-state index < -0.39 is 0 Å². The number of thioether (sulfide) groups is 1. The van der Waals surface area contributed by atoms with Crippen LogP contribution < -0.4 is 5.73 Å². The lowest BCUT2D eigenvalue weighted by Gasteiger charge is -2.12. The average Bonchev–Trinajstić information content (AvgIpc) is 2.33. The summed E-state index contributed by atoms with van der Waals surface area (Å²) in [6, 6.07) is 11.9. The third-order valence-electron chi connectivity index (χ3n) is 2.42. The largest absolute Gasteiger partial charge is 0.399 e. The molecule has 2 aromatic rings. The van der Waals surface area contributed by atoms with Gasteiger partial charge in [-0.25, -0.2) is 4.98 Å². The molecule has 0 saturated carbocycles. The van der Waals surface area contributed by atoms with Gasteiger partial charge in [0.15, 0.2) is 0 Å². The van der Waals surface area contributed by atoms with Gasteiger partial charge < -0.3 is 5.73 Å². The van der Waals surface area contributed by atoms with Crippen LogP contribution in [0, 0.1) is 0 Å². The van der Waals surface area contributed by atoms with Crippen molar-refractivity contribution in [3.05, 3.63) is 52.6 Å². The van der Waals surface area contributed by atoms with E-state index in [0.29, 0.717) is 5.25 Å². The number of anilines is 1. The van der Waals surface area contributed by atoms with E-state index in [9.17, 15) is 0 Å². The Morgan fingerprint density at radius 3 is 2.59 bits per heavy atom. The summed E-state index contributed by atoms with van der Waals surface area (Å²) in [5.74, 6) is 0. The van der Waals surface area contributed by atoms with Crippen LogP contribution in [0.25, 0.3) is 0 Å². The van der Waals surface area contributed by atoms with Gasteiger partial charge in [-0.15, -0.1) is 0 Å². The molecule has 0 radical (unpaired) electrons. The molecule has 1 heterocycles. The number of nitrogens with two attached hydrogens (primary N) is 1. The molecular formula is C13H13BrN2S. The number of hydrogen-bond donors (Lipinski definition) is 1. The Kier molecular flexibility index (Phi) is 4.07. The van der Waals surface area contributed by atoms with E-state index in [4.69, 9.17) is 5.73 Å².